The maximum atomic E-state index is 12.4. The summed E-state index contributed by atoms with van der Waals surface area (Å²) in [5.74, 6) is -0.187. The standard InChI is InChI=1S/C22H24F3N3O5/c1-11(2)7-15-17-20(28-21(26-15)31-6-5-22(23,24)25)33-19(27-17)14-8-12(3)18(13(4)9-14)32-10-16(29)30/h8-9,11H,5-7,10H2,1-4H3,(H,29,30). The van der Waals surface area contributed by atoms with E-state index >= 15 is 0 Å². The van der Waals surface area contributed by atoms with Crippen molar-refractivity contribution in [3.05, 3.63) is 29.0 Å². The van der Waals surface area contributed by atoms with Crippen molar-refractivity contribution in [1.29, 1.82) is 0 Å². The third-order valence-corrected chi connectivity index (χ3v) is 4.58. The molecule has 3 rings (SSSR count). The summed E-state index contributed by atoms with van der Waals surface area (Å²) in [6.07, 6.45) is -4.97. The average Bonchev–Trinajstić information content (AvgIpc) is 3.10. The molecule has 0 aliphatic rings. The molecule has 2 aromatic heterocycles. The molecule has 178 valence electrons. The molecule has 1 N–H and O–H groups in total. The molecule has 0 aliphatic heterocycles. The largest absolute Gasteiger partial charge is 0.481 e. The molecular formula is C22H24F3N3O5. The number of hydrogen-bond acceptors (Lipinski definition) is 7. The van der Waals surface area contributed by atoms with E-state index in [0.29, 0.717) is 40.1 Å². The Balaban J connectivity index is 1.97. The first-order valence-corrected chi connectivity index (χ1v) is 10.3. The van der Waals surface area contributed by atoms with Gasteiger partial charge in [0.15, 0.2) is 12.1 Å². The van der Waals surface area contributed by atoms with Crippen LogP contribution in [0.2, 0.25) is 0 Å². The maximum absolute atomic E-state index is 12.4. The highest BCUT2D eigenvalue weighted by atomic mass is 19.4. The molecule has 33 heavy (non-hydrogen) atoms. The Labute approximate surface area is 187 Å². The van der Waals surface area contributed by atoms with Gasteiger partial charge in [-0.25, -0.2) is 9.78 Å². The van der Waals surface area contributed by atoms with Gasteiger partial charge in [-0.2, -0.15) is 23.1 Å². The van der Waals surface area contributed by atoms with E-state index in [1.165, 1.54) is 0 Å². The molecular weight excluding hydrogens is 443 g/mol. The van der Waals surface area contributed by atoms with Crippen LogP contribution in [0, 0.1) is 19.8 Å². The lowest BCUT2D eigenvalue weighted by Gasteiger charge is -2.11. The molecule has 0 aliphatic carbocycles. The van der Waals surface area contributed by atoms with Crippen LogP contribution in [-0.4, -0.2) is 45.4 Å². The lowest BCUT2D eigenvalue weighted by Crippen LogP contribution is -2.14. The number of carboxylic acid groups (broad SMARTS) is 1. The van der Waals surface area contributed by atoms with Crippen molar-refractivity contribution in [3.63, 3.8) is 0 Å². The van der Waals surface area contributed by atoms with E-state index in [0.717, 1.165) is 0 Å². The number of rotatable bonds is 9. The fourth-order valence-electron chi connectivity index (χ4n) is 3.27. The maximum Gasteiger partial charge on any atom is 0.392 e. The number of carbonyl (C=O) groups is 1. The summed E-state index contributed by atoms with van der Waals surface area (Å²) >= 11 is 0. The third-order valence-electron chi connectivity index (χ3n) is 4.58. The lowest BCUT2D eigenvalue weighted by molar-refractivity contribution is -0.140. The van der Waals surface area contributed by atoms with Gasteiger partial charge in [0.1, 0.15) is 12.4 Å². The van der Waals surface area contributed by atoms with Crippen molar-refractivity contribution in [1.82, 2.24) is 15.0 Å². The zero-order chi connectivity index (χ0) is 24.3. The highest BCUT2D eigenvalue weighted by molar-refractivity contribution is 5.76. The van der Waals surface area contributed by atoms with Gasteiger partial charge in [-0.3, -0.25) is 0 Å². The normalized spacial score (nSPS) is 11.9. The van der Waals surface area contributed by atoms with Gasteiger partial charge in [-0.15, -0.1) is 0 Å². The van der Waals surface area contributed by atoms with Crippen LogP contribution < -0.4 is 9.47 Å². The fraction of sp³-hybridized carbons (Fsp3) is 0.455. The van der Waals surface area contributed by atoms with Crippen LogP contribution in [0.15, 0.2) is 16.5 Å². The van der Waals surface area contributed by atoms with E-state index in [4.69, 9.17) is 19.0 Å². The highest BCUT2D eigenvalue weighted by Gasteiger charge is 2.27. The number of hydrogen-bond donors (Lipinski definition) is 1. The fourth-order valence-corrected chi connectivity index (χ4v) is 3.27. The first-order chi connectivity index (χ1) is 15.4. The third kappa shape index (κ3) is 6.33. The van der Waals surface area contributed by atoms with Gasteiger partial charge in [0, 0.05) is 5.56 Å². The molecule has 0 fully saturated rings. The first kappa shape index (κ1) is 24.3. The number of carboxylic acids is 1. The Hall–Kier alpha value is -3.37. The summed E-state index contributed by atoms with van der Waals surface area (Å²) in [5.41, 5.74) is 3.03. The van der Waals surface area contributed by atoms with Crippen LogP contribution in [0.1, 0.15) is 37.1 Å². The molecule has 0 amide bonds. The van der Waals surface area contributed by atoms with Crippen LogP contribution in [0.4, 0.5) is 13.2 Å². The molecule has 0 radical (unpaired) electrons. The molecule has 1 aromatic carbocycles. The quantitative estimate of drug-likeness (QED) is 0.474. The number of alkyl halides is 3. The number of aliphatic carboxylic acids is 1. The van der Waals surface area contributed by atoms with Crippen LogP contribution in [0.5, 0.6) is 11.8 Å². The van der Waals surface area contributed by atoms with E-state index < -0.39 is 31.8 Å². The molecule has 0 saturated carbocycles. The summed E-state index contributed by atoms with van der Waals surface area (Å²) in [4.78, 5) is 23.7. The van der Waals surface area contributed by atoms with Crippen molar-refractivity contribution in [3.8, 4) is 23.2 Å². The van der Waals surface area contributed by atoms with Gasteiger partial charge in [0.2, 0.25) is 5.89 Å². The Morgan fingerprint density at radius 1 is 1.12 bits per heavy atom. The summed E-state index contributed by atoms with van der Waals surface area (Å²) in [6, 6.07) is 3.28. The van der Waals surface area contributed by atoms with Gasteiger partial charge in [0.25, 0.3) is 5.71 Å². The van der Waals surface area contributed by atoms with Gasteiger partial charge >= 0.3 is 18.2 Å². The lowest BCUT2D eigenvalue weighted by atomic mass is 10.1. The van der Waals surface area contributed by atoms with Gasteiger partial charge < -0.3 is 19.0 Å². The zero-order valence-electron chi connectivity index (χ0n) is 18.6. The summed E-state index contributed by atoms with van der Waals surface area (Å²) < 4.78 is 53.6. The Bertz CT molecular complexity index is 1140. The predicted octanol–water partition coefficient (Wildman–Crippen LogP) is 4.89. The monoisotopic (exact) mass is 467 g/mol. The van der Waals surface area contributed by atoms with Crippen molar-refractivity contribution >= 4 is 17.2 Å². The van der Waals surface area contributed by atoms with Crippen LogP contribution in [0.3, 0.4) is 0 Å². The number of ether oxygens (including phenoxy) is 2. The zero-order valence-corrected chi connectivity index (χ0v) is 18.6. The van der Waals surface area contributed by atoms with Gasteiger partial charge in [-0.05, 0) is 49.4 Å². The van der Waals surface area contributed by atoms with E-state index in [9.17, 15) is 18.0 Å². The second kappa shape index (κ2) is 9.63. The molecule has 2 heterocycles. The van der Waals surface area contributed by atoms with Crippen LogP contribution in [-0.2, 0) is 11.2 Å². The van der Waals surface area contributed by atoms with Crippen molar-refractivity contribution in [2.45, 2.75) is 46.7 Å². The molecule has 3 aromatic rings. The number of fused-ring (bicyclic) bond motifs is 1. The minimum Gasteiger partial charge on any atom is -0.481 e. The van der Waals surface area contributed by atoms with E-state index in [1.807, 2.05) is 13.8 Å². The minimum absolute atomic E-state index is 0.110. The van der Waals surface area contributed by atoms with Gasteiger partial charge in [-0.1, -0.05) is 13.8 Å². The molecule has 0 spiro atoms. The number of oxazole rings is 1. The Morgan fingerprint density at radius 2 is 1.79 bits per heavy atom. The van der Waals surface area contributed by atoms with E-state index in [1.54, 1.807) is 26.0 Å². The summed E-state index contributed by atoms with van der Waals surface area (Å²) in [6.45, 7) is 6.42. The highest BCUT2D eigenvalue weighted by Crippen LogP contribution is 2.32. The van der Waals surface area contributed by atoms with Crippen LogP contribution >= 0.6 is 0 Å². The Kier molecular flexibility index (Phi) is 7.09. The molecule has 0 saturated heterocycles. The number of aromatic nitrogens is 3. The second-order valence-corrected chi connectivity index (χ2v) is 8.06. The van der Waals surface area contributed by atoms with Crippen LogP contribution in [0.25, 0.3) is 22.7 Å². The summed E-state index contributed by atoms with van der Waals surface area (Å²) in [7, 11) is 0. The SMILES string of the molecule is Cc1cc(-c2nc3c(CC(C)C)nc(OCCC(F)(F)F)nc3o2)cc(C)c1OCC(=O)O. The van der Waals surface area contributed by atoms with Crippen molar-refractivity contribution in [2.24, 2.45) is 5.92 Å². The summed E-state index contributed by atoms with van der Waals surface area (Å²) in [5, 5.41) is 8.85. The van der Waals surface area contributed by atoms with Crippen molar-refractivity contribution < 1.29 is 37.0 Å². The smallest absolute Gasteiger partial charge is 0.392 e. The van der Waals surface area contributed by atoms with Gasteiger partial charge in [0.05, 0.1) is 12.1 Å². The van der Waals surface area contributed by atoms with E-state index in [-0.39, 0.29) is 23.5 Å². The molecule has 0 bridgehead atoms. The van der Waals surface area contributed by atoms with Crippen molar-refractivity contribution in [2.75, 3.05) is 13.2 Å². The molecule has 0 atom stereocenters. The minimum atomic E-state index is -4.35. The van der Waals surface area contributed by atoms with E-state index in [2.05, 4.69) is 15.0 Å². The molecule has 0 unspecified atom stereocenters. The number of halogens is 3. The predicted molar refractivity (Wildman–Crippen MR) is 112 cm³/mol. The number of nitrogens with zero attached hydrogens (tertiary/aromatic N) is 3. The number of aryl methyl sites for hydroxylation is 2. The topological polar surface area (TPSA) is 108 Å². The first-order valence-electron chi connectivity index (χ1n) is 10.3. The molecule has 8 nitrogen and oxygen atoms in total. The Morgan fingerprint density at radius 3 is 2.36 bits per heavy atom. The number of benzene rings is 1. The molecule has 11 heteroatoms. The second-order valence-electron chi connectivity index (χ2n) is 8.06. The average molecular weight is 467 g/mol.